The number of benzene rings is 2. The molecule has 1 atom stereocenters. The van der Waals surface area contributed by atoms with Gasteiger partial charge in [-0.2, -0.15) is 0 Å². The number of hydrogen-bond acceptors (Lipinski definition) is 3. The highest BCUT2D eigenvalue weighted by molar-refractivity contribution is 5.97. The lowest BCUT2D eigenvalue weighted by molar-refractivity contribution is -0.122. The summed E-state index contributed by atoms with van der Waals surface area (Å²) in [6, 6.07) is 11.9. The van der Waals surface area contributed by atoms with E-state index in [1.54, 1.807) is 0 Å². The van der Waals surface area contributed by atoms with Crippen LogP contribution < -0.4 is 15.0 Å². The van der Waals surface area contributed by atoms with Gasteiger partial charge >= 0.3 is 0 Å². The number of ether oxygens (including phenoxy) is 1. The number of carbonyl (C=O) groups is 2. The zero-order valence-corrected chi connectivity index (χ0v) is 17.9. The fourth-order valence-corrected chi connectivity index (χ4v) is 4.43. The van der Waals surface area contributed by atoms with Crippen molar-refractivity contribution in [2.75, 3.05) is 16.8 Å². The molecule has 1 fully saturated rings. The highest BCUT2D eigenvalue weighted by Gasteiger charge is 2.24. The van der Waals surface area contributed by atoms with Crippen molar-refractivity contribution >= 4 is 23.2 Å². The maximum absolute atomic E-state index is 12.8. The van der Waals surface area contributed by atoms with Crippen LogP contribution in [0, 0.1) is 6.92 Å². The van der Waals surface area contributed by atoms with Gasteiger partial charge in [0.25, 0.3) is 5.91 Å². The molecule has 1 saturated heterocycles. The number of rotatable bonds is 6. The number of nitrogens with zero attached hydrogens (tertiary/aromatic N) is 1. The molecule has 0 spiro atoms. The number of carbonyl (C=O) groups excluding carboxylic acids is 2. The molecule has 4 rings (SSSR count). The van der Waals surface area contributed by atoms with Crippen LogP contribution in [0.3, 0.4) is 0 Å². The molecule has 30 heavy (non-hydrogen) atoms. The summed E-state index contributed by atoms with van der Waals surface area (Å²) in [5.74, 6) is 0.774. The molecule has 0 bridgehead atoms. The molecule has 1 unspecified atom stereocenters. The van der Waals surface area contributed by atoms with Gasteiger partial charge in [0, 0.05) is 24.3 Å². The Labute approximate surface area is 178 Å². The molecule has 158 valence electrons. The minimum atomic E-state index is -0.549. The number of hydrogen-bond donors (Lipinski definition) is 1. The van der Waals surface area contributed by atoms with E-state index in [2.05, 4.69) is 17.4 Å². The van der Waals surface area contributed by atoms with Crippen molar-refractivity contribution in [2.45, 2.75) is 64.9 Å². The van der Waals surface area contributed by atoms with Gasteiger partial charge in [0.15, 0.2) is 6.10 Å². The summed E-state index contributed by atoms with van der Waals surface area (Å²) in [6.45, 7) is 4.69. The van der Waals surface area contributed by atoms with E-state index in [-0.39, 0.29) is 11.8 Å². The van der Waals surface area contributed by atoms with Crippen LogP contribution in [0.2, 0.25) is 0 Å². The number of amides is 2. The third-order valence-electron chi connectivity index (χ3n) is 6.09. The molecular formula is C25H30N2O3. The minimum Gasteiger partial charge on any atom is -0.481 e. The maximum Gasteiger partial charge on any atom is 0.265 e. The van der Waals surface area contributed by atoms with Crippen molar-refractivity contribution < 1.29 is 14.3 Å². The van der Waals surface area contributed by atoms with Crippen LogP contribution >= 0.6 is 0 Å². The average molecular weight is 407 g/mol. The first-order chi connectivity index (χ1) is 14.5. The van der Waals surface area contributed by atoms with Crippen LogP contribution in [0.25, 0.3) is 0 Å². The molecule has 2 aliphatic rings. The molecule has 0 saturated carbocycles. The SMILES string of the molecule is CCC(Oc1ccc2c(c1)CCCC2)C(=O)Nc1ccc(N2CCCC2=O)c(C)c1. The van der Waals surface area contributed by atoms with Gasteiger partial charge < -0.3 is 15.0 Å². The van der Waals surface area contributed by atoms with Gasteiger partial charge in [-0.3, -0.25) is 9.59 Å². The standard InChI is InChI=1S/C25H30N2O3/c1-3-23(30-21-12-10-18-7-4-5-8-19(18)16-21)25(29)26-20-11-13-22(17(2)15-20)27-14-6-9-24(27)28/h10-13,15-16,23H,3-9,14H2,1-2H3,(H,26,29). The Morgan fingerprint density at radius 2 is 1.87 bits per heavy atom. The first-order valence-electron chi connectivity index (χ1n) is 11.1. The summed E-state index contributed by atoms with van der Waals surface area (Å²) in [7, 11) is 0. The Kier molecular flexibility index (Phi) is 6.07. The van der Waals surface area contributed by atoms with E-state index in [0.717, 1.165) is 48.5 Å². The fraction of sp³-hybridized carbons (Fsp3) is 0.440. The van der Waals surface area contributed by atoms with E-state index in [4.69, 9.17) is 4.74 Å². The number of nitrogens with one attached hydrogen (secondary N) is 1. The lowest BCUT2D eigenvalue weighted by atomic mass is 9.92. The molecule has 1 aliphatic carbocycles. The van der Waals surface area contributed by atoms with Crippen LogP contribution in [0.1, 0.15) is 55.7 Å². The van der Waals surface area contributed by atoms with E-state index in [1.165, 1.54) is 24.0 Å². The van der Waals surface area contributed by atoms with Crippen LogP contribution in [0.15, 0.2) is 36.4 Å². The second kappa shape index (κ2) is 8.90. The summed E-state index contributed by atoms with van der Waals surface area (Å²) < 4.78 is 6.05. The van der Waals surface area contributed by atoms with Gasteiger partial charge in [0.2, 0.25) is 5.91 Å². The van der Waals surface area contributed by atoms with Crippen LogP contribution in [0.5, 0.6) is 5.75 Å². The molecule has 1 heterocycles. The lowest BCUT2D eigenvalue weighted by Gasteiger charge is -2.21. The number of fused-ring (bicyclic) bond motifs is 1. The largest absolute Gasteiger partial charge is 0.481 e. The highest BCUT2D eigenvalue weighted by Crippen LogP contribution is 2.28. The average Bonchev–Trinajstić information content (AvgIpc) is 3.17. The molecule has 2 aromatic rings. The second-order valence-electron chi connectivity index (χ2n) is 8.29. The van der Waals surface area contributed by atoms with Gasteiger partial charge in [0.05, 0.1) is 0 Å². The van der Waals surface area contributed by atoms with Crippen molar-refractivity contribution in [1.82, 2.24) is 0 Å². The van der Waals surface area contributed by atoms with Crippen molar-refractivity contribution in [1.29, 1.82) is 0 Å². The Bertz CT molecular complexity index is 953. The maximum atomic E-state index is 12.8. The topological polar surface area (TPSA) is 58.6 Å². The van der Waals surface area contributed by atoms with E-state index < -0.39 is 6.10 Å². The summed E-state index contributed by atoms with van der Waals surface area (Å²) in [5, 5.41) is 2.98. The summed E-state index contributed by atoms with van der Waals surface area (Å²) in [4.78, 5) is 26.7. The Morgan fingerprint density at radius 1 is 1.07 bits per heavy atom. The minimum absolute atomic E-state index is 0.153. The predicted octanol–water partition coefficient (Wildman–Crippen LogP) is 4.80. The van der Waals surface area contributed by atoms with Gasteiger partial charge in [-0.25, -0.2) is 0 Å². The van der Waals surface area contributed by atoms with E-state index in [9.17, 15) is 9.59 Å². The Balaban J connectivity index is 1.43. The van der Waals surface area contributed by atoms with Crippen LogP contribution in [-0.4, -0.2) is 24.5 Å². The molecule has 1 aliphatic heterocycles. The van der Waals surface area contributed by atoms with Gasteiger partial charge in [0.1, 0.15) is 5.75 Å². The number of anilines is 2. The molecule has 5 heteroatoms. The first kappa shape index (κ1) is 20.5. The molecular weight excluding hydrogens is 376 g/mol. The van der Waals surface area contributed by atoms with Crippen molar-refractivity contribution in [3.05, 3.63) is 53.1 Å². The molecule has 0 aromatic heterocycles. The summed E-state index contributed by atoms with van der Waals surface area (Å²) in [6.07, 6.45) is 6.22. The third-order valence-corrected chi connectivity index (χ3v) is 6.09. The van der Waals surface area contributed by atoms with Crippen molar-refractivity contribution in [2.24, 2.45) is 0 Å². The monoisotopic (exact) mass is 406 g/mol. The highest BCUT2D eigenvalue weighted by atomic mass is 16.5. The Hall–Kier alpha value is -2.82. The first-order valence-corrected chi connectivity index (χ1v) is 11.1. The van der Waals surface area contributed by atoms with E-state index in [1.807, 2.05) is 43.0 Å². The van der Waals surface area contributed by atoms with Gasteiger partial charge in [-0.05, 0) is 92.5 Å². The zero-order chi connectivity index (χ0) is 21.1. The zero-order valence-electron chi connectivity index (χ0n) is 17.9. The molecule has 2 aromatic carbocycles. The second-order valence-corrected chi connectivity index (χ2v) is 8.29. The summed E-state index contributed by atoms with van der Waals surface area (Å²) in [5.41, 5.74) is 5.37. The molecule has 5 nitrogen and oxygen atoms in total. The van der Waals surface area contributed by atoms with E-state index in [0.29, 0.717) is 12.8 Å². The van der Waals surface area contributed by atoms with Crippen molar-refractivity contribution in [3.8, 4) is 5.75 Å². The quantitative estimate of drug-likeness (QED) is 0.750. The van der Waals surface area contributed by atoms with E-state index >= 15 is 0 Å². The third kappa shape index (κ3) is 4.35. The van der Waals surface area contributed by atoms with Crippen LogP contribution in [0.4, 0.5) is 11.4 Å². The van der Waals surface area contributed by atoms with Crippen molar-refractivity contribution in [3.63, 3.8) is 0 Å². The van der Waals surface area contributed by atoms with Gasteiger partial charge in [-0.15, -0.1) is 0 Å². The van der Waals surface area contributed by atoms with Crippen LogP contribution in [-0.2, 0) is 22.4 Å². The number of aryl methyl sites for hydroxylation is 3. The fourth-order valence-electron chi connectivity index (χ4n) is 4.43. The molecule has 2 amide bonds. The lowest BCUT2D eigenvalue weighted by Crippen LogP contribution is -2.32. The van der Waals surface area contributed by atoms with Gasteiger partial charge in [-0.1, -0.05) is 13.0 Å². The summed E-state index contributed by atoms with van der Waals surface area (Å²) >= 11 is 0. The molecule has 0 radical (unpaired) electrons. The smallest absolute Gasteiger partial charge is 0.265 e. The Morgan fingerprint density at radius 3 is 2.57 bits per heavy atom. The molecule has 1 N–H and O–H groups in total. The normalized spacial score (nSPS) is 16.9. The predicted molar refractivity (Wildman–Crippen MR) is 119 cm³/mol.